The molecule has 0 spiro atoms. The molecule has 0 aromatic heterocycles. The molecular weight excluding hydrogens is 504 g/mol. The second-order valence-corrected chi connectivity index (χ2v) is 13.2. The Kier molecular flexibility index (Phi) is 10.8. The normalized spacial score (nSPS) is 23.7. The number of unbranched alkanes of at least 4 members (excludes halogenated alkanes) is 2. The Morgan fingerprint density at radius 3 is 1.50 bits per heavy atom. The van der Waals surface area contributed by atoms with E-state index < -0.39 is 35.8 Å². The van der Waals surface area contributed by atoms with Gasteiger partial charge >= 0.3 is 5.97 Å². The zero-order chi connectivity index (χ0) is 29.7. The molecule has 6 heteroatoms. The summed E-state index contributed by atoms with van der Waals surface area (Å²) in [7, 11) is 0. The van der Waals surface area contributed by atoms with Gasteiger partial charge in [-0.3, -0.25) is 4.79 Å². The van der Waals surface area contributed by atoms with Crippen LogP contribution in [0, 0.1) is 10.8 Å². The Labute approximate surface area is 239 Å². The molecule has 40 heavy (non-hydrogen) atoms. The van der Waals surface area contributed by atoms with E-state index in [-0.39, 0.29) is 5.41 Å². The molecule has 1 aromatic rings. The van der Waals surface area contributed by atoms with E-state index in [0.29, 0.717) is 54.4 Å². The lowest BCUT2D eigenvalue weighted by Crippen LogP contribution is -2.25. The Hall–Kier alpha value is -2.51. The maximum absolute atomic E-state index is 11.4. The van der Waals surface area contributed by atoms with Gasteiger partial charge in [-0.2, -0.15) is 0 Å². The highest BCUT2D eigenvalue weighted by Crippen LogP contribution is 2.39. The molecule has 0 saturated carbocycles. The molecule has 0 aliphatic heterocycles. The van der Waals surface area contributed by atoms with Gasteiger partial charge in [0.05, 0.1) is 17.6 Å². The number of benzene rings is 1. The molecule has 1 aromatic carbocycles. The zero-order valence-corrected chi connectivity index (χ0v) is 24.7. The van der Waals surface area contributed by atoms with Gasteiger partial charge < -0.3 is 25.5 Å². The summed E-state index contributed by atoms with van der Waals surface area (Å²) in [4.78, 5) is 11.4. The fraction of sp³-hybridized carbons (Fsp3) is 0.559. The highest BCUT2D eigenvalue weighted by Gasteiger charge is 2.30. The van der Waals surface area contributed by atoms with Crippen molar-refractivity contribution in [2.75, 3.05) is 0 Å². The summed E-state index contributed by atoms with van der Waals surface area (Å²) >= 11 is 0. The van der Waals surface area contributed by atoms with Crippen molar-refractivity contribution in [2.45, 2.75) is 110 Å². The van der Waals surface area contributed by atoms with Gasteiger partial charge in [0.2, 0.25) is 0 Å². The van der Waals surface area contributed by atoms with Crippen LogP contribution in [0.3, 0.4) is 0 Å². The molecule has 6 nitrogen and oxygen atoms in total. The van der Waals surface area contributed by atoms with Crippen LogP contribution >= 0.6 is 0 Å². The molecule has 0 amide bonds. The lowest BCUT2D eigenvalue weighted by atomic mass is 9.79. The summed E-state index contributed by atoms with van der Waals surface area (Å²) in [6.07, 6.45) is 9.42. The van der Waals surface area contributed by atoms with Crippen molar-refractivity contribution in [3.8, 4) is 0 Å². The molecule has 3 rings (SSSR count). The standard InChI is InChI=1S/C34H48O6/c1-33(2,3)16-10-8-12-22-18-24(35)20-28(30(22)37)26-14-6-7-15-27(26)29-21-25(36)19-23(31(29)38)13-9-11-17-34(4,5)32(39)40/h6-7,14-15,18-21,24-25,30-31,35-38H,8-13,16-17H2,1-5H3,(H,39,40). The summed E-state index contributed by atoms with van der Waals surface area (Å²) in [5, 5.41) is 53.4. The molecule has 4 atom stereocenters. The smallest absolute Gasteiger partial charge is 0.309 e. The molecule has 0 saturated heterocycles. The van der Waals surface area contributed by atoms with Crippen LogP contribution in [0.25, 0.3) is 11.1 Å². The number of aliphatic hydroxyl groups is 4. The van der Waals surface area contributed by atoms with Crippen molar-refractivity contribution in [1.29, 1.82) is 0 Å². The summed E-state index contributed by atoms with van der Waals surface area (Å²) in [5.74, 6) is -0.825. The molecule has 0 heterocycles. The van der Waals surface area contributed by atoms with E-state index in [0.717, 1.165) is 30.4 Å². The average Bonchev–Trinajstić information content (AvgIpc) is 2.87. The minimum Gasteiger partial charge on any atom is -0.481 e. The van der Waals surface area contributed by atoms with Gasteiger partial charge in [-0.15, -0.1) is 0 Å². The molecule has 0 fully saturated rings. The Bertz CT molecular complexity index is 1160. The number of hydrogen-bond donors (Lipinski definition) is 5. The van der Waals surface area contributed by atoms with Crippen molar-refractivity contribution in [1.82, 2.24) is 0 Å². The summed E-state index contributed by atoms with van der Waals surface area (Å²) < 4.78 is 0. The van der Waals surface area contributed by atoms with E-state index in [9.17, 15) is 30.3 Å². The van der Waals surface area contributed by atoms with E-state index in [1.807, 2.05) is 24.3 Å². The molecule has 0 radical (unpaired) electrons. The largest absolute Gasteiger partial charge is 0.481 e. The van der Waals surface area contributed by atoms with Crippen LogP contribution < -0.4 is 0 Å². The molecule has 5 N–H and O–H groups in total. The fourth-order valence-corrected chi connectivity index (χ4v) is 5.56. The Morgan fingerprint density at radius 1 is 0.675 bits per heavy atom. The minimum absolute atomic E-state index is 0.255. The SMILES string of the molecule is CC(C)(C)CCCCC1=CC(O)C=C(c2ccccc2C2=CC(O)C=C(CCCCC(C)(C)C(=O)O)C2O)C1O. The van der Waals surface area contributed by atoms with Crippen molar-refractivity contribution >= 4 is 17.1 Å². The second kappa shape index (κ2) is 13.4. The van der Waals surface area contributed by atoms with E-state index in [1.54, 1.807) is 38.2 Å². The molecule has 220 valence electrons. The summed E-state index contributed by atoms with van der Waals surface area (Å²) in [6, 6.07) is 7.48. The van der Waals surface area contributed by atoms with Crippen LogP contribution in [-0.4, -0.2) is 55.9 Å². The number of carboxylic acids is 1. The number of aliphatic carboxylic acids is 1. The number of carboxylic acid groups (broad SMARTS) is 1. The number of hydrogen-bond acceptors (Lipinski definition) is 5. The average molecular weight is 553 g/mol. The van der Waals surface area contributed by atoms with E-state index in [2.05, 4.69) is 20.8 Å². The quantitative estimate of drug-likeness (QED) is 0.159. The minimum atomic E-state index is -0.935. The van der Waals surface area contributed by atoms with Crippen LogP contribution in [0.2, 0.25) is 0 Å². The lowest BCUT2D eigenvalue weighted by molar-refractivity contribution is -0.147. The lowest BCUT2D eigenvalue weighted by Gasteiger charge is -2.30. The van der Waals surface area contributed by atoms with Gasteiger partial charge in [0.15, 0.2) is 0 Å². The topological polar surface area (TPSA) is 118 Å². The molecule has 0 bridgehead atoms. The maximum atomic E-state index is 11.4. The van der Waals surface area contributed by atoms with E-state index in [1.165, 1.54) is 0 Å². The van der Waals surface area contributed by atoms with Crippen LogP contribution in [0.4, 0.5) is 0 Å². The van der Waals surface area contributed by atoms with Gasteiger partial charge in [-0.1, -0.05) is 70.0 Å². The highest BCUT2D eigenvalue weighted by molar-refractivity contribution is 5.86. The summed E-state index contributed by atoms with van der Waals surface area (Å²) in [5.41, 5.74) is 3.55. The third-order valence-electron chi connectivity index (χ3n) is 8.05. The van der Waals surface area contributed by atoms with Gasteiger partial charge in [0.25, 0.3) is 0 Å². The molecule has 2 aliphatic rings. The number of aliphatic hydroxyl groups excluding tert-OH is 4. The third kappa shape index (κ3) is 8.50. The number of rotatable bonds is 12. The Morgan fingerprint density at radius 2 is 1.10 bits per heavy atom. The zero-order valence-electron chi connectivity index (χ0n) is 24.7. The van der Waals surface area contributed by atoms with Crippen molar-refractivity contribution in [2.24, 2.45) is 10.8 Å². The highest BCUT2D eigenvalue weighted by atomic mass is 16.4. The van der Waals surface area contributed by atoms with Crippen molar-refractivity contribution < 1.29 is 30.3 Å². The maximum Gasteiger partial charge on any atom is 0.309 e. The van der Waals surface area contributed by atoms with Gasteiger partial charge in [0, 0.05) is 0 Å². The van der Waals surface area contributed by atoms with Crippen LogP contribution in [0.5, 0.6) is 0 Å². The van der Waals surface area contributed by atoms with Crippen LogP contribution in [0.15, 0.2) is 59.7 Å². The van der Waals surface area contributed by atoms with Gasteiger partial charge in [-0.05, 0) is 103 Å². The van der Waals surface area contributed by atoms with Crippen LogP contribution in [-0.2, 0) is 4.79 Å². The molecular formula is C34H48O6. The Balaban J connectivity index is 1.76. The first-order valence-corrected chi connectivity index (χ1v) is 14.6. The monoisotopic (exact) mass is 552 g/mol. The van der Waals surface area contributed by atoms with Crippen molar-refractivity contribution in [3.63, 3.8) is 0 Å². The first-order chi connectivity index (χ1) is 18.7. The third-order valence-corrected chi connectivity index (χ3v) is 8.05. The predicted molar refractivity (Wildman–Crippen MR) is 160 cm³/mol. The van der Waals surface area contributed by atoms with Gasteiger partial charge in [0.1, 0.15) is 12.2 Å². The first-order valence-electron chi connectivity index (χ1n) is 14.6. The molecule has 2 aliphatic carbocycles. The molecule has 4 unspecified atom stereocenters. The van der Waals surface area contributed by atoms with Crippen LogP contribution in [0.1, 0.15) is 97.1 Å². The van der Waals surface area contributed by atoms with Crippen molar-refractivity contribution in [3.05, 3.63) is 70.8 Å². The predicted octanol–water partition coefficient (Wildman–Crippen LogP) is 6.05. The van der Waals surface area contributed by atoms with E-state index in [4.69, 9.17) is 0 Å². The first kappa shape index (κ1) is 32.0. The van der Waals surface area contributed by atoms with E-state index >= 15 is 0 Å². The fourth-order valence-electron chi connectivity index (χ4n) is 5.56. The summed E-state index contributed by atoms with van der Waals surface area (Å²) in [6.45, 7) is 10.1. The number of carbonyl (C=O) groups is 1. The second-order valence-electron chi connectivity index (χ2n) is 13.2. The van der Waals surface area contributed by atoms with Gasteiger partial charge in [-0.25, -0.2) is 0 Å².